The Labute approximate surface area is 209 Å². The molecule has 0 aliphatic rings. The molecule has 0 aromatic rings. The van der Waals surface area contributed by atoms with E-state index in [1.54, 1.807) is 27.7 Å². The lowest BCUT2D eigenvalue weighted by molar-refractivity contribution is -0.461. The van der Waals surface area contributed by atoms with Crippen LogP contribution in [-0.2, 0) is 29.0 Å². The van der Waals surface area contributed by atoms with Gasteiger partial charge in [-0.3, -0.25) is 0 Å². The molecule has 7 nitrogen and oxygen atoms in total. The summed E-state index contributed by atoms with van der Waals surface area (Å²) in [6.45, 7) is 23.3. The number of ether oxygens (including phenoxy) is 2. The van der Waals surface area contributed by atoms with Crippen LogP contribution in [0.25, 0.3) is 0 Å². The lowest BCUT2D eigenvalue weighted by Gasteiger charge is -2.34. The first-order valence-electron chi connectivity index (χ1n) is 13.1. The Morgan fingerprint density at radius 2 is 0.941 bits per heavy atom. The molecule has 0 aromatic carbocycles. The van der Waals surface area contributed by atoms with Gasteiger partial charge in [0.05, 0.1) is 0 Å². The molecule has 0 amide bonds. The topological polar surface area (TPSA) is 72.5 Å². The standard InChI is InChI=1S/C27H54O7/c1-13-26(11,19-15-17-21(3)4)33-31-24(7,8)29-23(28)30-25(9,10)32-34-27(12,14-2)20-16-18-22(5)6/h21-22H,13-20H2,1-12H3. The van der Waals surface area contributed by atoms with Gasteiger partial charge in [-0.25, -0.2) is 14.6 Å². The molecule has 0 saturated carbocycles. The summed E-state index contributed by atoms with van der Waals surface area (Å²) in [5.41, 5.74) is -0.925. The summed E-state index contributed by atoms with van der Waals surface area (Å²) >= 11 is 0. The molecule has 0 heterocycles. The average molecular weight is 491 g/mol. The summed E-state index contributed by atoms with van der Waals surface area (Å²) in [5.74, 6) is -1.39. The number of hydrogen-bond donors (Lipinski definition) is 0. The predicted octanol–water partition coefficient (Wildman–Crippen LogP) is 8.50. The molecule has 7 heteroatoms. The fourth-order valence-electron chi connectivity index (χ4n) is 3.18. The van der Waals surface area contributed by atoms with Crippen molar-refractivity contribution in [3.05, 3.63) is 0 Å². The van der Waals surface area contributed by atoms with E-state index in [-0.39, 0.29) is 0 Å². The van der Waals surface area contributed by atoms with Crippen LogP contribution in [0.3, 0.4) is 0 Å². The van der Waals surface area contributed by atoms with Crippen molar-refractivity contribution in [2.45, 2.75) is 157 Å². The van der Waals surface area contributed by atoms with Crippen LogP contribution in [0.4, 0.5) is 4.79 Å². The van der Waals surface area contributed by atoms with Crippen LogP contribution in [0.15, 0.2) is 0 Å². The summed E-state index contributed by atoms with van der Waals surface area (Å²) in [6, 6.07) is 0. The van der Waals surface area contributed by atoms with Crippen LogP contribution in [0.5, 0.6) is 0 Å². The largest absolute Gasteiger partial charge is 0.513 e. The maximum absolute atomic E-state index is 12.4. The minimum atomic E-state index is -1.34. The lowest BCUT2D eigenvalue weighted by Crippen LogP contribution is -2.41. The van der Waals surface area contributed by atoms with Gasteiger partial charge in [0.15, 0.2) is 0 Å². The van der Waals surface area contributed by atoms with Crippen molar-refractivity contribution >= 4 is 6.16 Å². The first kappa shape index (κ1) is 33.1. The molecule has 0 fully saturated rings. The van der Waals surface area contributed by atoms with Gasteiger partial charge in [0, 0.05) is 27.7 Å². The molecule has 204 valence electrons. The lowest BCUT2D eigenvalue weighted by atomic mass is 9.94. The van der Waals surface area contributed by atoms with E-state index < -0.39 is 28.9 Å². The van der Waals surface area contributed by atoms with Gasteiger partial charge < -0.3 is 9.47 Å². The van der Waals surface area contributed by atoms with Crippen molar-refractivity contribution in [3.63, 3.8) is 0 Å². The van der Waals surface area contributed by atoms with Crippen LogP contribution in [-0.4, -0.2) is 28.9 Å². The Balaban J connectivity index is 4.71. The normalized spacial score (nSPS) is 16.4. The molecular weight excluding hydrogens is 436 g/mol. The van der Waals surface area contributed by atoms with E-state index in [1.165, 1.54) is 0 Å². The molecule has 34 heavy (non-hydrogen) atoms. The molecule has 2 unspecified atom stereocenters. The quantitative estimate of drug-likeness (QED) is 0.0825. The number of carbonyl (C=O) groups is 1. The third-order valence-corrected chi connectivity index (χ3v) is 6.02. The smallest absolute Gasteiger partial charge is 0.399 e. The van der Waals surface area contributed by atoms with Crippen molar-refractivity contribution in [1.29, 1.82) is 0 Å². The molecule has 0 saturated heterocycles. The van der Waals surface area contributed by atoms with Crippen molar-refractivity contribution in [2.75, 3.05) is 0 Å². The van der Waals surface area contributed by atoms with Crippen LogP contribution >= 0.6 is 0 Å². The first-order chi connectivity index (χ1) is 15.5. The second-order valence-corrected chi connectivity index (χ2v) is 11.8. The molecule has 2 atom stereocenters. The van der Waals surface area contributed by atoms with E-state index >= 15 is 0 Å². The predicted molar refractivity (Wildman–Crippen MR) is 135 cm³/mol. The maximum atomic E-state index is 12.4. The van der Waals surface area contributed by atoms with Crippen molar-refractivity contribution in [2.24, 2.45) is 11.8 Å². The first-order valence-corrected chi connectivity index (χ1v) is 13.1. The zero-order valence-corrected chi connectivity index (χ0v) is 24.2. The molecule has 0 rings (SSSR count). The second-order valence-electron chi connectivity index (χ2n) is 11.8. The van der Waals surface area contributed by atoms with Crippen LogP contribution in [0.1, 0.15) is 134 Å². The molecule has 0 spiro atoms. The Kier molecular flexibility index (Phi) is 14.2. The Morgan fingerprint density at radius 1 is 0.618 bits per heavy atom. The van der Waals surface area contributed by atoms with E-state index in [0.717, 1.165) is 51.4 Å². The van der Waals surface area contributed by atoms with Gasteiger partial charge in [-0.2, -0.15) is 9.78 Å². The third-order valence-electron chi connectivity index (χ3n) is 6.02. The molecule has 0 N–H and O–H groups in total. The van der Waals surface area contributed by atoms with Gasteiger partial charge in [0.25, 0.3) is 0 Å². The van der Waals surface area contributed by atoms with Gasteiger partial charge in [0.2, 0.25) is 11.6 Å². The summed E-state index contributed by atoms with van der Waals surface area (Å²) in [5, 5.41) is 0. The Bertz CT molecular complexity index is 525. The van der Waals surface area contributed by atoms with Gasteiger partial charge in [-0.15, -0.1) is 0 Å². The highest BCUT2D eigenvalue weighted by Crippen LogP contribution is 2.29. The molecule has 0 aromatic heterocycles. The fraction of sp³-hybridized carbons (Fsp3) is 0.963. The maximum Gasteiger partial charge on any atom is 0.513 e. The third kappa shape index (κ3) is 15.2. The highest BCUT2D eigenvalue weighted by atomic mass is 17.3. The summed E-state index contributed by atoms with van der Waals surface area (Å²) < 4.78 is 10.7. The average Bonchev–Trinajstić information content (AvgIpc) is 2.69. The van der Waals surface area contributed by atoms with Gasteiger partial charge >= 0.3 is 6.16 Å². The fourth-order valence-corrected chi connectivity index (χ4v) is 3.18. The van der Waals surface area contributed by atoms with Gasteiger partial charge in [0.1, 0.15) is 11.2 Å². The van der Waals surface area contributed by atoms with Gasteiger partial charge in [-0.1, -0.05) is 67.2 Å². The van der Waals surface area contributed by atoms with Gasteiger partial charge in [-0.05, 0) is 51.4 Å². The van der Waals surface area contributed by atoms with E-state index in [2.05, 4.69) is 27.7 Å². The molecule has 0 bridgehead atoms. The zero-order valence-electron chi connectivity index (χ0n) is 24.2. The molecule has 0 radical (unpaired) electrons. The summed E-state index contributed by atoms with van der Waals surface area (Å²) in [4.78, 5) is 35.0. The minimum Gasteiger partial charge on any atom is -0.399 e. The number of rotatable bonds is 18. The zero-order chi connectivity index (χ0) is 26.6. The molecular formula is C27H54O7. The monoisotopic (exact) mass is 490 g/mol. The highest BCUT2D eigenvalue weighted by molar-refractivity contribution is 5.60. The SMILES string of the molecule is CCC(C)(CCCC(C)C)OOC(C)(C)OC(=O)OC(C)(C)OOC(C)(CC)CCCC(C)C. The van der Waals surface area contributed by atoms with E-state index in [0.29, 0.717) is 11.8 Å². The number of carbonyl (C=O) groups excluding carboxylic acids is 1. The highest BCUT2D eigenvalue weighted by Gasteiger charge is 2.36. The van der Waals surface area contributed by atoms with Crippen molar-refractivity contribution in [1.82, 2.24) is 0 Å². The second kappa shape index (κ2) is 14.6. The Morgan fingerprint density at radius 3 is 1.21 bits per heavy atom. The summed E-state index contributed by atoms with van der Waals surface area (Å²) in [6.07, 6.45) is 6.64. The van der Waals surface area contributed by atoms with Crippen LogP contribution in [0, 0.1) is 11.8 Å². The summed E-state index contributed by atoms with van der Waals surface area (Å²) in [7, 11) is 0. The molecule has 0 aliphatic heterocycles. The minimum absolute atomic E-state index is 0.462. The van der Waals surface area contributed by atoms with E-state index in [1.807, 2.05) is 27.7 Å². The van der Waals surface area contributed by atoms with Crippen LogP contribution < -0.4 is 0 Å². The van der Waals surface area contributed by atoms with Crippen LogP contribution in [0.2, 0.25) is 0 Å². The van der Waals surface area contributed by atoms with E-state index in [9.17, 15) is 4.79 Å². The number of hydrogen-bond acceptors (Lipinski definition) is 7. The van der Waals surface area contributed by atoms with E-state index in [4.69, 9.17) is 29.0 Å². The van der Waals surface area contributed by atoms with Crippen molar-refractivity contribution < 1.29 is 33.8 Å². The van der Waals surface area contributed by atoms with Crippen molar-refractivity contribution in [3.8, 4) is 0 Å². The molecule has 0 aliphatic carbocycles. The Hall–Kier alpha value is -0.890.